The Morgan fingerprint density at radius 2 is 1.73 bits per heavy atom. The van der Waals surface area contributed by atoms with Gasteiger partial charge in [0.2, 0.25) is 0 Å². The standard InChI is InChI=1S/C32H35Cl2NO5/c1-31(2,30(36)37)16-18-5-3-6-20(13-18)32(38)21-11-12-22(32)15-23(14-21)39-17-24-28(35-40-29(24)19-9-10-19)27-25(33)7-4-8-26(27)34/h3-8,13,19,21-23,38H,9-12,14-17H2,1-2H3,(H,36,37)/t21-,22+,23+,32-. The van der Waals surface area contributed by atoms with Crippen molar-refractivity contribution in [1.82, 2.24) is 5.16 Å². The van der Waals surface area contributed by atoms with E-state index in [1.54, 1.807) is 26.0 Å². The second-order valence-electron chi connectivity index (χ2n) is 12.5. The predicted octanol–water partition coefficient (Wildman–Crippen LogP) is 7.77. The monoisotopic (exact) mass is 583 g/mol. The number of hydrogen-bond acceptors (Lipinski definition) is 5. The maximum atomic E-state index is 12.1. The van der Waals surface area contributed by atoms with Crippen molar-refractivity contribution in [1.29, 1.82) is 0 Å². The van der Waals surface area contributed by atoms with Crippen LogP contribution in [0.4, 0.5) is 0 Å². The number of hydrogen-bond donors (Lipinski definition) is 2. The minimum Gasteiger partial charge on any atom is -0.481 e. The summed E-state index contributed by atoms with van der Waals surface area (Å²) in [6, 6.07) is 13.3. The van der Waals surface area contributed by atoms with E-state index in [9.17, 15) is 15.0 Å². The van der Waals surface area contributed by atoms with Crippen molar-refractivity contribution in [3.8, 4) is 11.3 Å². The number of ether oxygens (including phenoxy) is 1. The van der Waals surface area contributed by atoms with Gasteiger partial charge in [-0.15, -0.1) is 0 Å². The molecule has 3 fully saturated rings. The van der Waals surface area contributed by atoms with E-state index in [0.29, 0.717) is 40.2 Å². The van der Waals surface area contributed by atoms with Gasteiger partial charge in [0.25, 0.3) is 0 Å². The fraction of sp³-hybridized carbons (Fsp3) is 0.500. The van der Waals surface area contributed by atoms with Crippen molar-refractivity contribution in [2.45, 2.75) is 83.0 Å². The zero-order valence-electron chi connectivity index (χ0n) is 22.8. The fourth-order valence-corrected chi connectivity index (χ4v) is 7.45. The van der Waals surface area contributed by atoms with Gasteiger partial charge in [-0.3, -0.25) is 4.79 Å². The van der Waals surface area contributed by atoms with Crippen LogP contribution in [-0.4, -0.2) is 27.4 Å². The largest absolute Gasteiger partial charge is 0.481 e. The minimum absolute atomic E-state index is 0.00317. The summed E-state index contributed by atoms with van der Waals surface area (Å²) in [5.74, 6) is 0.533. The van der Waals surface area contributed by atoms with E-state index in [0.717, 1.165) is 61.0 Å². The van der Waals surface area contributed by atoms with Crippen LogP contribution in [0, 0.1) is 17.3 Å². The van der Waals surface area contributed by atoms with E-state index in [2.05, 4.69) is 5.16 Å². The van der Waals surface area contributed by atoms with Gasteiger partial charge in [-0.25, -0.2) is 0 Å². The summed E-state index contributed by atoms with van der Waals surface area (Å²) in [7, 11) is 0. The average molecular weight is 585 g/mol. The van der Waals surface area contributed by atoms with Crippen LogP contribution in [0.15, 0.2) is 47.0 Å². The molecule has 6 rings (SSSR count). The number of aliphatic carboxylic acids is 1. The SMILES string of the molecule is CC(C)(Cc1cccc([C@@]2(O)[C@@H]3CC[C@H]2C[C@@H](OCc2c(-c4c(Cl)cccc4Cl)noc2C2CC2)C3)c1)C(=O)O. The Bertz CT molecular complexity index is 1390. The number of aliphatic hydroxyl groups is 1. The average Bonchev–Trinajstić information content (AvgIpc) is 3.65. The third-order valence-electron chi connectivity index (χ3n) is 9.25. The quantitative estimate of drug-likeness (QED) is 0.267. The molecular weight excluding hydrogens is 549 g/mol. The fourth-order valence-electron chi connectivity index (χ4n) is 6.87. The molecule has 40 heavy (non-hydrogen) atoms. The summed E-state index contributed by atoms with van der Waals surface area (Å²) in [5.41, 5.74) is 2.25. The van der Waals surface area contributed by atoms with E-state index in [-0.39, 0.29) is 17.9 Å². The first-order chi connectivity index (χ1) is 19.1. The van der Waals surface area contributed by atoms with Crippen molar-refractivity contribution in [2.24, 2.45) is 17.3 Å². The smallest absolute Gasteiger partial charge is 0.309 e. The molecular formula is C32H35Cl2NO5. The van der Waals surface area contributed by atoms with Gasteiger partial charge in [0.05, 0.1) is 33.8 Å². The van der Waals surface area contributed by atoms with Crippen molar-refractivity contribution in [3.05, 3.63) is 75.0 Å². The molecule has 6 nitrogen and oxygen atoms in total. The van der Waals surface area contributed by atoms with Crippen molar-refractivity contribution < 1.29 is 24.3 Å². The highest BCUT2D eigenvalue weighted by molar-refractivity contribution is 6.39. The van der Waals surface area contributed by atoms with E-state index >= 15 is 0 Å². The normalized spacial score (nSPS) is 26.3. The van der Waals surface area contributed by atoms with Gasteiger partial charge < -0.3 is 19.5 Å². The van der Waals surface area contributed by atoms with Crippen LogP contribution in [0.3, 0.4) is 0 Å². The van der Waals surface area contributed by atoms with Gasteiger partial charge in [0, 0.05) is 17.0 Å². The van der Waals surface area contributed by atoms with Crippen molar-refractivity contribution >= 4 is 29.2 Å². The van der Waals surface area contributed by atoms with Crippen LogP contribution in [0.25, 0.3) is 11.3 Å². The lowest BCUT2D eigenvalue weighted by molar-refractivity contribution is -0.146. The number of nitrogens with zero attached hydrogens (tertiary/aromatic N) is 1. The highest BCUT2D eigenvalue weighted by Gasteiger charge is 2.54. The Kier molecular flexibility index (Phi) is 7.27. The molecule has 0 saturated heterocycles. The molecule has 3 saturated carbocycles. The van der Waals surface area contributed by atoms with E-state index in [1.807, 2.05) is 30.3 Å². The molecule has 1 heterocycles. The molecule has 212 valence electrons. The second kappa shape index (κ2) is 10.5. The number of carboxylic acids is 1. The number of benzene rings is 2. The maximum absolute atomic E-state index is 12.1. The van der Waals surface area contributed by atoms with Gasteiger partial charge in [-0.1, -0.05) is 58.7 Å². The minimum atomic E-state index is -0.935. The molecule has 0 amide bonds. The second-order valence-corrected chi connectivity index (χ2v) is 13.3. The van der Waals surface area contributed by atoms with Crippen LogP contribution in [0.1, 0.15) is 80.7 Å². The Labute approximate surface area is 244 Å². The van der Waals surface area contributed by atoms with Gasteiger partial charge in [0.1, 0.15) is 11.5 Å². The summed E-state index contributed by atoms with van der Waals surface area (Å²) >= 11 is 13.0. The van der Waals surface area contributed by atoms with E-state index in [4.69, 9.17) is 32.5 Å². The molecule has 2 aromatic carbocycles. The van der Waals surface area contributed by atoms with Gasteiger partial charge in [-0.05, 0) is 93.9 Å². The van der Waals surface area contributed by atoms with Crippen molar-refractivity contribution in [3.63, 3.8) is 0 Å². The molecule has 8 heteroatoms. The van der Waals surface area contributed by atoms with Crippen LogP contribution in [0.2, 0.25) is 10.0 Å². The molecule has 4 atom stereocenters. The Morgan fingerprint density at radius 3 is 2.35 bits per heavy atom. The third-order valence-corrected chi connectivity index (χ3v) is 9.88. The molecule has 3 aliphatic rings. The molecule has 0 spiro atoms. The highest BCUT2D eigenvalue weighted by Crippen LogP contribution is 2.56. The third kappa shape index (κ3) is 4.98. The number of carbonyl (C=O) groups is 1. The van der Waals surface area contributed by atoms with Crippen LogP contribution < -0.4 is 0 Å². The molecule has 3 aromatic rings. The molecule has 0 aliphatic heterocycles. The number of fused-ring (bicyclic) bond motifs is 2. The number of aromatic nitrogens is 1. The van der Waals surface area contributed by atoms with Crippen LogP contribution in [0.5, 0.6) is 0 Å². The molecule has 3 aliphatic carbocycles. The molecule has 2 bridgehead atoms. The molecule has 1 aromatic heterocycles. The lowest BCUT2D eigenvalue weighted by atomic mass is 9.69. The maximum Gasteiger partial charge on any atom is 0.309 e. The zero-order valence-corrected chi connectivity index (χ0v) is 24.3. The lowest BCUT2D eigenvalue weighted by Gasteiger charge is -2.43. The molecule has 0 radical (unpaired) electrons. The van der Waals surface area contributed by atoms with Crippen LogP contribution >= 0.6 is 23.2 Å². The highest BCUT2D eigenvalue weighted by atomic mass is 35.5. The Morgan fingerprint density at radius 1 is 1.07 bits per heavy atom. The zero-order chi connectivity index (χ0) is 28.2. The molecule has 0 unspecified atom stereocenters. The first-order valence-electron chi connectivity index (χ1n) is 14.2. The first kappa shape index (κ1) is 27.8. The predicted molar refractivity (Wildman–Crippen MR) is 153 cm³/mol. The van der Waals surface area contributed by atoms with E-state index < -0.39 is 17.0 Å². The topological polar surface area (TPSA) is 92.8 Å². The van der Waals surface area contributed by atoms with Crippen LogP contribution in [-0.2, 0) is 28.2 Å². The summed E-state index contributed by atoms with van der Waals surface area (Å²) in [5, 5.41) is 27.1. The number of rotatable bonds is 9. The van der Waals surface area contributed by atoms with Gasteiger partial charge in [0.15, 0.2) is 0 Å². The van der Waals surface area contributed by atoms with Crippen molar-refractivity contribution in [2.75, 3.05) is 0 Å². The van der Waals surface area contributed by atoms with E-state index in [1.165, 1.54) is 0 Å². The Balaban J connectivity index is 1.20. The van der Waals surface area contributed by atoms with Gasteiger partial charge in [-0.2, -0.15) is 0 Å². The number of halogens is 2. The summed E-state index contributed by atoms with van der Waals surface area (Å²) in [6.07, 6.45) is 5.94. The van der Waals surface area contributed by atoms with Gasteiger partial charge >= 0.3 is 5.97 Å². The Hall–Kier alpha value is -2.38. The summed E-state index contributed by atoms with van der Waals surface area (Å²) < 4.78 is 12.4. The lowest BCUT2D eigenvalue weighted by Crippen LogP contribution is -2.44. The summed E-state index contributed by atoms with van der Waals surface area (Å²) in [6.45, 7) is 3.82. The molecule has 2 N–H and O–H groups in total. The summed E-state index contributed by atoms with van der Waals surface area (Å²) in [4.78, 5) is 11.7. The first-order valence-corrected chi connectivity index (χ1v) is 14.9. The number of carboxylic acid groups (broad SMARTS) is 1.